The molecule has 0 radical (unpaired) electrons. The molecule has 5 aromatic rings. The number of amides is 3. The van der Waals surface area contributed by atoms with Gasteiger partial charge in [-0.1, -0.05) is 114 Å². The lowest BCUT2D eigenvalue weighted by Gasteiger charge is -2.34. The Morgan fingerprint density at radius 3 is 1.91 bits per heavy atom. The lowest BCUT2D eigenvalue weighted by Crippen LogP contribution is -2.55. The molecule has 406 valence electrons. The second kappa shape index (κ2) is 25.7. The van der Waals surface area contributed by atoms with Gasteiger partial charge in [0.25, 0.3) is 0 Å². The van der Waals surface area contributed by atoms with Gasteiger partial charge < -0.3 is 30.9 Å². The standard InChI is InChI=1S/C59H76N8O9/c1-37(2)28-48(52(70)31-43(30-41-16-12-9-13-17-41)56(73)62-49(29-38(3)4)54(72)59(7)36-76-59)61-57(74)47(23-20-40-14-10-8-11-15-40)60-53(71)35-66-26-24-65(25-27-66)34-42-18-21-44(22-19-42)67-55(63-64-58(67)75)46-32-45(39(5)6)50(68)33-51(46)69/h8-19,21-22,32-33,37-39,43,47-49,68-69H,20,23-31,34-36H2,1-7H3,(H,60,71)(H,61,74)(H,62,73)(H,64,75)/t43-,47+,48+,49+,59-/m1/s1. The molecule has 5 atom stereocenters. The minimum absolute atomic E-state index is 0.00628. The molecule has 3 heterocycles. The predicted octanol–water partition coefficient (Wildman–Crippen LogP) is 6.24. The number of nitrogens with zero attached hydrogens (tertiary/aromatic N) is 4. The number of Topliss-reactive ketones (excluding diaryl/α,β-unsaturated/α-hetero) is 2. The molecule has 0 saturated carbocycles. The van der Waals surface area contributed by atoms with Crippen molar-refractivity contribution in [1.82, 2.24) is 40.5 Å². The van der Waals surface area contributed by atoms with E-state index in [1.54, 1.807) is 13.0 Å². The molecule has 2 aliphatic heterocycles. The number of aromatic amines is 1. The maximum atomic E-state index is 14.5. The molecule has 17 nitrogen and oxygen atoms in total. The number of nitrogens with one attached hydrogen (secondary N) is 4. The van der Waals surface area contributed by atoms with Crippen molar-refractivity contribution in [3.05, 3.63) is 130 Å². The number of ether oxygens (including phenoxy) is 1. The highest BCUT2D eigenvalue weighted by atomic mass is 16.6. The summed E-state index contributed by atoms with van der Waals surface area (Å²) in [5.74, 6) is -2.45. The van der Waals surface area contributed by atoms with Crippen LogP contribution in [0.5, 0.6) is 11.5 Å². The van der Waals surface area contributed by atoms with E-state index in [2.05, 4.69) is 35.9 Å². The summed E-state index contributed by atoms with van der Waals surface area (Å²) in [4.78, 5) is 87.9. The van der Waals surface area contributed by atoms with Gasteiger partial charge in [-0.2, -0.15) is 5.10 Å². The number of aromatic hydroxyl groups is 2. The number of hydrogen-bond donors (Lipinski definition) is 6. The normalized spacial score (nSPS) is 17.5. The number of carbonyl (C=O) groups excluding carboxylic acids is 5. The zero-order valence-corrected chi connectivity index (χ0v) is 45.0. The van der Waals surface area contributed by atoms with Crippen LogP contribution in [0.25, 0.3) is 17.1 Å². The Balaban J connectivity index is 0.978. The van der Waals surface area contributed by atoms with Gasteiger partial charge in [0.2, 0.25) is 17.7 Å². The van der Waals surface area contributed by atoms with Crippen LogP contribution in [0.3, 0.4) is 0 Å². The fourth-order valence-electron chi connectivity index (χ4n) is 9.90. The van der Waals surface area contributed by atoms with Gasteiger partial charge in [0, 0.05) is 51.1 Å². The van der Waals surface area contributed by atoms with E-state index in [9.17, 15) is 39.0 Å². The Morgan fingerprint density at radius 1 is 0.711 bits per heavy atom. The number of phenolic OH excluding ortho intramolecular Hbond substituents is 2. The van der Waals surface area contributed by atoms with Gasteiger partial charge in [-0.3, -0.25) is 33.8 Å². The quantitative estimate of drug-likeness (QED) is 0.0339. The number of carbonyl (C=O) groups is 5. The first-order chi connectivity index (χ1) is 36.3. The molecule has 0 unspecified atom stereocenters. The molecular formula is C59H76N8O9. The summed E-state index contributed by atoms with van der Waals surface area (Å²) < 4.78 is 6.85. The fraction of sp³-hybridized carbons (Fsp3) is 0.475. The Bertz CT molecular complexity index is 2830. The topological polar surface area (TPSA) is 232 Å². The van der Waals surface area contributed by atoms with E-state index in [1.165, 1.54) is 10.6 Å². The van der Waals surface area contributed by atoms with Gasteiger partial charge in [0.15, 0.2) is 17.4 Å². The van der Waals surface area contributed by atoms with Crippen molar-refractivity contribution in [2.24, 2.45) is 17.8 Å². The largest absolute Gasteiger partial charge is 0.508 e. The molecule has 0 aliphatic carbocycles. The zero-order valence-electron chi connectivity index (χ0n) is 45.0. The fourth-order valence-corrected chi connectivity index (χ4v) is 9.90. The van der Waals surface area contributed by atoms with Crippen LogP contribution in [0.4, 0.5) is 0 Å². The van der Waals surface area contributed by atoms with E-state index < -0.39 is 47.1 Å². The second-order valence-electron chi connectivity index (χ2n) is 22.0. The molecule has 2 fully saturated rings. The number of aryl methyl sites for hydroxylation is 1. The number of aromatic nitrogens is 3. The van der Waals surface area contributed by atoms with Crippen LogP contribution < -0.4 is 21.6 Å². The minimum Gasteiger partial charge on any atom is -0.508 e. The van der Waals surface area contributed by atoms with Crippen molar-refractivity contribution < 1.29 is 38.9 Å². The number of epoxide rings is 1. The summed E-state index contributed by atoms with van der Waals surface area (Å²) in [5, 5.41) is 36.8. The summed E-state index contributed by atoms with van der Waals surface area (Å²) in [6.07, 6.45) is 1.61. The number of H-pyrrole nitrogens is 1. The van der Waals surface area contributed by atoms with E-state index >= 15 is 0 Å². The van der Waals surface area contributed by atoms with E-state index in [4.69, 9.17) is 4.74 Å². The summed E-state index contributed by atoms with van der Waals surface area (Å²) >= 11 is 0. The molecule has 0 bridgehead atoms. The molecule has 3 amide bonds. The van der Waals surface area contributed by atoms with Crippen LogP contribution in [-0.2, 0) is 48.1 Å². The van der Waals surface area contributed by atoms with E-state index in [1.807, 2.05) is 126 Å². The Hall–Kier alpha value is -6.95. The first-order valence-corrected chi connectivity index (χ1v) is 26.7. The van der Waals surface area contributed by atoms with Gasteiger partial charge in [-0.25, -0.2) is 14.5 Å². The van der Waals surface area contributed by atoms with E-state index in [-0.39, 0.29) is 71.9 Å². The summed E-state index contributed by atoms with van der Waals surface area (Å²) in [7, 11) is 0. The highest BCUT2D eigenvalue weighted by molar-refractivity contribution is 5.98. The van der Waals surface area contributed by atoms with Crippen LogP contribution in [0, 0.1) is 17.8 Å². The zero-order chi connectivity index (χ0) is 54.7. The summed E-state index contributed by atoms with van der Waals surface area (Å²) in [6, 6.07) is 26.9. The van der Waals surface area contributed by atoms with Crippen LogP contribution in [0.2, 0.25) is 0 Å². The van der Waals surface area contributed by atoms with Crippen LogP contribution in [0.1, 0.15) is 102 Å². The molecule has 2 aliphatic rings. The monoisotopic (exact) mass is 1040 g/mol. The van der Waals surface area contributed by atoms with Crippen LogP contribution >= 0.6 is 0 Å². The molecule has 2 saturated heterocycles. The first kappa shape index (κ1) is 56.8. The number of piperazine rings is 1. The van der Waals surface area contributed by atoms with Crippen molar-refractivity contribution in [2.75, 3.05) is 39.3 Å². The van der Waals surface area contributed by atoms with Crippen molar-refractivity contribution in [3.63, 3.8) is 0 Å². The summed E-state index contributed by atoms with van der Waals surface area (Å²) in [6.45, 7) is 17.0. The first-order valence-electron chi connectivity index (χ1n) is 26.7. The number of hydrogen-bond acceptors (Lipinski definition) is 12. The van der Waals surface area contributed by atoms with Gasteiger partial charge in [-0.15, -0.1) is 0 Å². The lowest BCUT2D eigenvalue weighted by atomic mass is 9.87. The third kappa shape index (κ3) is 15.3. The predicted molar refractivity (Wildman–Crippen MR) is 291 cm³/mol. The second-order valence-corrected chi connectivity index (χ2v) is 22.0. The number of rotatable bonds is 26. The minimum atomic E-state index is -0.949. The molecule has 6 N–H and O–H groups in total. The third-order valence-electron chi connectivity index (χ3n) is 14.3. The summed E-state index contributed by atoms with van der Waals surface area (Å²) in [5.41, 5.74) is 2.94. The van der Waals surface area contributed by atoms with Gasteiger partial charge in [0.1, 0.15) is 23.1 Å². The molecule has 0 spiro atoms. The SMILES string of the molecule is CC(C)C[C@H](NC(=O)[C@H](CCc1ccccc1)NC(=O)CN1CCN(Cc2ccc(-n3c(-c4cc(C(C)C)c(O)cc4O)n[nH]c3=O)cc2)CC1)C(=O)C[C@@H](Cc1ccccc1)C(=O)N[C@@H](CC(C)C)C(=O)[C@@]1(C)CO1. The molecule has 7 rings (SSSR count). The van der Waals surface area contributed by atoms with E-state index in [0.717, 1.165) is 16.7 Å². The Labute approximate surface area is 445 Å². The average Bonchev–Trinajstić information content (AvgIpc) is 4.03. The van der Waals surface area contributed by atoms with E-state index in [0.29, 0.717) is 81.8 Å². The van der Waals surface area contributed by atoms with Crippen molar-refractivity contribution in [2.45, 2.75) is 123 Å². The lowest BCUT2D eigenvalue weighted by molar-refractivity contribution is -0.135. The number of ketones is 2. The smallest absolute Gasteiger partial charge is 0.348 e. The van der Waals surface area contributed by atoms with Crippen LogP contribution in [-0.4, -0.2) is 127 Å². The van der Waals surface area contributed by atoms with Gasteiger partial charge >= 0.3 is 5.69 Å². The molecule has 76 heavy (non-hydrogen) atoms. The maximum absolute atomic E-state index is 14.5. The molecule has 1 aromatic heterocycles. The van der Waals surface area contributed by atoms with Crippen molar-refractivity contribution in [3.8, 4) is 28.6 Å². The third-order valence-corrected chi connectivity index (χ3v) is 14.3. The van der Waals surface area contributed by atoms with Crippen molar-refractivity contribution in [1.29, 1.82) is 0 Å². The Morgan fingerprint density at radius 2 is 1.30 bits per heavy atom. The maximum Gasteiger partial charge on any atom is 0.348 e. The molecule has 4 aromatic carbocycles. The molecular weight excluding hydrogens is 965 g/mol. The van der Waals surface area contributed by atoms with Crippen molar-refractivity contribution >= 4 is 29.3 Å². The Kier molecular flexibility index (Phi) is 19.2. The number of benzene rings is 4. The van der Waals surface area contributed by atoms with Gasteiger partial charge in [-0.05, 0) is 97.2 Å². The average molecular weight is 1040 g/mol. The number of phenols is 2. The van der Waals surface area contributed by atoms with Crippen LogP contribution in [0.15, 0.2) is 102 Å². The van der Waals surface area contributed by atoms with Gasteiger partial charge in [0.05, 0.1) is 36.5 Å². The molecule has 17 heteroatoms. The highest BCUT2D eigenvalue weighted by Gasteiger charge is 2.50. The highest BCUT2D eigenvalue weighted by Crippen LogP contribution is 2.37.